The maximum atomic E-state index is 12.9. The molecule has 2 rings (SSSR count). The van der Waals surface area contributed by atoms with E-state index in [9.17, 15) is 17.6 Å². The number of carboxylic acids is 1. The quantitative estimate of drug-likeness (QED) is 0.929. The fourth-order valence-corrected chi connectivity index (χ4v) is 2.79. The largest absolute Gasteiger partial charge is 0.478 e. The van der Waals surface area contributed by atoms with E-state index in [4.69, 9.17) is 5.11 Å². The number of aromatic carboxylic acids is 1. The zero-order valence-corrected chi connectivity index (χ0v) is 11.7. The van der Waals surface area contributed by atoms with Gasteiger partial charge < -0.3 is 5.11 Å². The minimum absolute atomic E-state index is 0.0965. The molecule has 0 unspecified atom stereocenters. The van der Waals surface area contributed by atoms with Crippen LogP contribution in [0.5, 0.6) is 0 Å². The minimum Gasteiger partial charge on any atom is -0.478 e. The fraction of sp³-hybridized carbons (Fsp3) is 0.0769. The molecule has 8 heteroatoms. The molecule has 1 aromatic heterocycles. The zero-order valence-electron chi connectivity index (χ0n) is 10.9. The summed E-state index contributed by atoms with van der Waals surface area (Å²) in [6, 6.07) is 5.53. The molecule has 1 N–H and O–H groups in total. The van der Waals surface area contributed by atoms with Gasteiger partial charge in [-0.1, -0.05) is 0 Å². The van der Waals surface area contributed by atoms with Gasteiger partial charge in [-0.25, -0.2) is 17.6 Å². The van der Waals surface area contributed by atoms with E-state index in [0.29, 0.717) is 0 Å². The highest BCUT2D eigenvalue weighted by molar-refractivity contribution is 7.92. The van der Waals surface area contributed by atoms with Gasteiger partial charge in [0.25, 0.3) is 10.0 Å². The Bertz CT molecular complexity index is 775. The molecule has 0 fully saturated rings. The van der Waals surface area contributed by atoms with Crippen LogP contribution in [0.3, 0.4) is 0 Å². The molecule has 0 aliphatic carbocycles. The van der Waals surface area contributed by atoms with Crippen LogP contribution in [0.1, 0.15) is 10.4 Å². The molecule has 0 aliphatic heterocycles. The Balaban J connectivity index is 2.43. The van der Waals surface area contributed by atoms with E-state index in [1.165, 1.54) is 19.3 Å². The fourth-order valence-electron chi connectivity index (χ4n) is 1.62. The van der Waals surface area contributed by atoms with Crippen LogP contribution < -0.4 is 4.31 Å². The Hall–Kier alpha value is -2.48. The number of halogens is 1. The van der Waals surface area contributed by atoms with Gasteiger partial charge in [0.2, 0.25) is 0 Å². The number of carbonyl (C=O) groups is 1. The highest BCUT2D eigenvalue weighted by Gasteiger charge is 2.22. The Morgan fingerprint density at radius 1 is 1.24 bits per heavy atom. The normalized spacial score (nSPS) is 11.1. The molecule has 0 aliphatic rings. The molecule has 0 atom stereocenters. The van der Waals surface area contributed by atoms with Crippen LogP contribution in [-0.4, -0.2) is 31.5 Å². The van der Waals surface area contributed by atoms with Gasteiger partial charge in [0.05, 0.1) is 22.3 Å². The van der Waals surface area contributed by atoms with Crippen LogP contribution in [0.15, 0.2) is 47.6 Å². The van der Waals surface area contributed by atoms with Crippen molar-refractivity contribution in [2.45, 2.75) is 4.90 Å². The van der Waals surface area contributed by atoms with E-state index < -0.39 is 21.8 Å². The number of sulfonamides is 1. The second-order valence-electron chi connectivity index (χ2n) is 4.16. The second-order valence-corrected chi connectivity index (χ2v) is 6.13. The van der Waals surface area contributed by atoms with E-state index in [-0.39, 0.29) is 16.1 Å². The van der Waals surface area contributed by atoms with Gasteiger partial charge in [-0.2, -0.15) is 0 Å². The predicted octanol–water partition coefficient (Wildman–Crippen LogP) is 1.74. The van der Waals surface area contributed by atoms with E-state index in [0.717, 1.165) is 34.8 Å². The first kappa shape index (κ1) is 14.9. The first-order valence-corrected chi connectivity index (χ1v) is 7.19. The summed E-state index contributed by atoms with van der Waals surface area (Å²) in [5, 5.41) is 8.89. The molecule has 0 saturated carbocycles. The molecule has 0 radical (unpaired) electrons. The highest BCUT2D eigenvalue weighted by Crippen LogP contribution is 2.22. The van der Waals surface area contributed by atoms with Crippen molar-refractivity contribution in [2.24, 2.45) is 0 Å². The van der Waals surface area contributed by atoms with Crippen LogP contribution in [0.2, 0.25) is 0 Å². The van der Waals surface area contributed by atoms with Gasteiger partial charge in [0.15, 0.2) is 0 Å². The molecule has 21 heavy (non-hydrogen) atoms. The summed E-state index contributed by atoms with van der Waals surface area (Å²) in [4.78, 5) is 14.5. The SMILES string of the molecule is CN(c1cncc(C(=O)O)c1)S(=O)(=O)c1ccc(F)cc1. The summed E-state index contributed by atoms with van der Waals surface area (Å²) in [5.41, 5.74) is -0.0344. The lowest BCUT2D eigenvalue weighted by atomic mass is 10.3. The van der Waals surface area contributed by atoms with Crippen LogP contribution in [0.25, 0.3) is 0 Å². The first-order chi connectivity index (χ1) is 9.82. The molecular formula is C13H11FN2O4S. The van der Waals surface area contributed by atoms with Gasteiger partial charge in [-0.15, -0.1) is 0 Å². The van der Waals surface area contributed by atoms with Gasteiger partial charge in [0.1, 0.15) is 5.82 Å². The molecule has 2 aromatic rings. The number of pyridine rings is 1. The summed E-state index contributed by atoms with van der Waals surface area (Å²) >= 11 is 0. The molecule has 6 nitrogen and oxygen atoms in total. The van der Waals surface area contributed by atoms with E-state index in [2.05, 4.69) is 4.98 Å². The number of hydrogen-bond acceptors (Lipinski definition) is 4. The standard InChI is InChI=1S/C13H11FN2O4S/c1-16(11-6-9(13(17)18)7-15-8-11)21(19,20)12-4-2-10(14)3-5-12/h2-8H,1H3,(H,17,18). The molecule has 1 heterocycles. The van der Waals surface area contributed by atoms with Crippen molar-refractivity contribution >= 4 is 21.7 Å². The Kier molecular flexibility index (Phi) is 3.90. The monoisotopic (exact) mass is 310 g/mol. The van der Waals surface area contributed by atoms with Gasteiger partial charge >= 0.3 is 5.97 Å². The lowest BCUT2D eigenvalue weighted by molar-refractivity contribution is 0.0696. The van der Waals surface area contributed by atoms with Crippen molar-refractivity contribution in [1.82, 2.24) is 4.98 Å². The smallest absolute Gasteiger partial charge is 0.337 e. The van der Waals surface area contributed by atoms with Crippen molar-refractivity contribution in [2.75, 3.05) is 11.4 Å². The third-order valence-corrected chi connectivity index (χ3v) is 4.61. The van der Waals surface area contributed by atoms with Crippen molar-refractivity contribution < 1.29 is 22.7 Å². The average molecular weight is 310 g/mol. The topological polar surface area (TPSA) is 87.6 Å². The maximum Gasteiger partial charge on any atom is 0.337 e. The zero-order chi connectivity index (χ0) is 15.6. The number of carboxylic acid groups (broad SMARTS) is 1. The summed E-state index contributed by atoms with van der Waals surface area (Å²) in [7, 11) is -2.65. The van der Waals surface area contributed by atoms with Crippen LogP contribution in [0.4, 0.5) is 10.1 Å². The van der Waals surface area contributed by atoms with Gasteiger partial charge in [-0.3, -0.25) is 9.29 Å². The lowest BCUT2D eigenvalue weighted by Crippen LogP contribution is -2.26. The summed E-state index contributed by atoms with van der Waals surface area (Å²) in [6.07, 6.45) is 2.34. The first-order valence-electron chi connectivity index (χ1n) is 5.75. The number of hydrogen-bond donors (Lipinski definition) is 1. The van der Waals surface area contributed by atoms with Crippen molar-refractivity contribution in [3.63, 3.8) is 0 Å². The minimum atomic E-state index is -3.92. The Morgan fingerprint density at radius 2 is 1.86 bits per heavy atom. The third-order valence-electron chi connectivity index (χ3n) is 2.81. The molecule has 0 saturated heterocycles. The van der Waals surface area contributed by atoms with Crippen LogP contribution >= 0.6 is 0 Å². The maximum absolute atomic E-state index is 12.9. The highest BCUT2D eigenvalue weighted by atomic mass is 32.2. The molecule has 110 valence electrons. The Morgan fingerprint density at radius 3 is 2.43 bits per heavy atom. The predicted molar refractivity (Wildman–Crippen MR) is 73.2 cm³/mol. The molecule has 0 bridgehead atoms. The van der Waals surface area contributed by atoms with Crippen molar-refractivity contribution in [3.05, 3.63) is 54.1 Å². The van der Waals surface area contributed by atoms with E-state index in [1.54, 1.807) is 0 Å². The van der Waals surface area contributed by atoms with E-state index >= 15 is 0 Å². The summed E-state index contributed by atoms with van der Waals surface area (Å²) in [6.45, 7) is 0. The molecule has 0 spiro atoms. The van der Waals surface area contributed by atoms with Gasteiger partial charge in [-0.05, 0) is 30.3 Å². The van der Waals surface area contributed by atoms with Crippen molar-refractivity contribution in [1.29, 1.82) is 0 Å². The number of anilines is 1. The average Bonchev–Trinajstić information content (AvgIpc) is 2.47. The second kappa shape index (κ2) is 5.49. The number of aromatic nitrogens is 1. The molecular weight excluding hydrogens is 299 g/mol. The Labute approximate surface area is 120 Å². The van der Waals surface area contributed by atoms with Crippen LogP contribution in [-0.2, 0) is 10.0 Å². The summed E-state index contributed by atoms with van der Waals surface area (Å²) in [5.74, 6) is -1.76. The third kappa shape index (κ3) is 3.00. The van der Waals surface area contributed by atoms with Crippen molar-refractivity contribution in [3.8, 4) is 0 Å². The molecule has 0 amide bonds. The lowest BCUT2D eigenvalue weighted by Gasteiger charge is -2.19. The van der Waals surface area contributed by atoms with E-state index in [1.807, 2.05) is 0 Å². The number of rotatable bonds is 4. The molecule has 1 aromatic carbocycles. The number of nitrogens with zero attached hydrogens (tertiary/aromatic N) is 2. The summed E-state index contributed by atoms with van der Waals surface area (Å²) < 4.78 is 38.5. The van der Waals surface area contributed by atoms with Crippen LogP contribution in [0, 0.1) is 5.82 Å². The van der Waals surface area contributed by atoms with Gasteiger partial charge in [0, 0.05) is 13.2 Å². The number of benzene rings is 1.